The van der Waals surface area contributed by atoms with Crippen molar-refractivity contribution in [3.8, 4) is 0 Å². The van der Waals surface area contributed by atoms with Gasteiger partial charge < -0.3 is 14.8 Å². The Morgan fingerprint density at radius 1 is 1.09 bits per heavy atom. The number of hydrogen-bond acceptors (Lipinski definition) is 7. The highest BCUT2D eigenvalue weighted by atomic mass is 32.2. The standard InChI is InChI=1S/C23H23N3O6S/c1-16-14-20(19-4-2-3-5-21(19)24-16)23(28)32-15-22(27)25-17-6-8-18(9-7-17)33(29,30)26-10-12-31-13-11-26/h2-9,14H,10-13,15H2,1H3,(H,25,27). The van der Waals surface area contributed by atoms with Crippen LogP contribution in [0.3, 0.4) is 0 Å². The molecule has 0 saturated carbocycles. The van der Waals surface area contributed by atoms with Crippen LogP contribution in [0, 0.1) is 6.92 Å². The molecule has 1 aliphatic rings. The summed E-state index contributed by atoms with van der Waals surface area (Å²) in [6.45, 7) is 2.63. The van der Waals surface area contributed by atoms with Crippen LogP contribution in [0.25, 0.3) is 10.9 Å². The Morgan fingerprint density at radius 2 is 1.79 bits per heavy atom. The molecule has 1 N–H and O–H groups in total. The second kappa shape index (κ2) is 9.65. The Morgan fingerprint density at radius 3 is 2.52 bits per heavy atom. The molecule has 0 atom stereocenters. The lowest BCUT2D eigenvalue weighted by atomic mass is 10.1. The molecule has 2 heterocycles. The van der Waals surface area contributed by atoms with E-state index in [0.29, 0.717) is 54.2 Å². The molecule has 0 unspecified atom stereocenters. The van der Waals surface area contributed by atoms with E-state index < -0.39 is 28.5 Å². The zero-order valence-electron chi connectivity index (χ0n) is 18.0. The van der Waals surface area contributed by atoms with Crippen LogP contribution in [-0.2, 0) is 24.3 Å². The van der Waals surface area contributed by atoms with Gasteiger partial charge in [-0.25, -0.2) is 13.2 Å². The number of anilines is 1. The summed E-state index contributed by atoms with van der Waals surface area (Å²) < 4.78 is 37.1. The highest BCUT2D eigenvalue weighted by Crippen LogP contribution is 2.20. The van der Waals surface area contributed by atoms with Crippen molar-refractivity contribution in [2.45, 2.75) is 11.8 Å². The number of benzene rings is 2. The van der Waals surface area contributed by atoms with Crippen molar-refractivity contribution >= 4 is 38.5 Å². The molecule has 1 aromatic heterocycles. The molecule has 2 aromatic carbocycles. The van der Waals surface area contributed by atoms with E-state index in [-0.39, 0.29) is 4.90 Å². The summed E-state index contributed by atoms with van der Waals surface area (Å²) in [6.07, 6.45) is 0. The summed E-state index contributed by atoms with van der Waals surface area (Å²) in [6, 6.07) is 14.7. The summed E-state index contributed by atoms with van der Waals surface area (Å²) in [5.74, 6) is -1.17. The maximum atomic E-state index is 12.7. The van der Waals surface area contributed by atoms with Gasteiger partial charge in [-0.1, -0.05) is 18.2 Å². The minimum atomic E-state index is -3.61. The van der Waals surface area contributed by atoms with E-state index in [1.807, 2.05) is 6.07 Å². The van der Waals surface area contributed by atoms with Crippen molar-refractivity contribution in [2.75, 3.05) is 38.2 Å². The largest absolute Gasteiger partial charge is 0.452 e. The van der Waals surface area contributed by atoms with Crippen LogP contribution in [0.5, 0.6) is 0 Å². The van der Waals surface area contributed by atoms with Crippen molar-refractivity contribution in [1.29, 1.82) is 0 Å². The number of carbonyl (C=O) groups is 2. The number of sulfonamides is 1. The van der Waals surface area contributed by atoms with Gasteiger partial charge in [0.2, 0.25) is 10.0 Å². The van der Waals surface area contributed by atoms with Crippen LogP contribution < -0.4 is 5.32 Å². The van der Waals surface area contributed by atoms with Crippen LogP contribution >= 0.6 is 0 Å². The molecule has 0 radical (unpaired) electrons. The molecule has 33 heavy (non-hydrogen) atoms. The van der Waals surface area contributed by atoms with E-state index in [9.17, 15) is 18.0 Å². The third-order valence-corrected chi connectivity index (χ3v) is 7.06. The fourth-order valence-electron chi connectivity index (χ4n) is 3.53. The molecule has 3 aromatic rings. The minimum absolute atomic E-state index is 0.133. The molecule has 1 fully saturated rings. The number of fused-ring (bicyclic) bond motifs is 1. The number of pyridine rings is 1. The highest BCUT2D eigenvalue weighted by molar-refractivity contribution is 7.89. The number of esters is 1. The number of nitrogens with one attached hydrogen (secondary N) is 1. The van der Waals surface area contributed by atoms with Gasteiger partial charge in [0.1, 0.15) is 0 Å². The Kier molecular flexibility index (Phi) is 6.68. The molecular formula is C23H23N3O6S. The molecule has 1 aliphatic heterocycles. The molecule has 0 aliphatic carbocycles. The molecule has 0 spiro atoms. The van der Waals surface area contributed by atoms with Gasteiger partial charge in [-0.15, -0.1) is 0 Å². The Balaban J connectivity index is 1.37. The van der Waals surface area contributed by atoms with Crippen molar-refractivity contribution in [1.82, 2.24) is 9.29 Å². The fraction of sp³-hybridized carbons (Fsp3) is 0.261. The summed E-state index contributed by atoms with van der Waals surface area (Å²) in [7, 11) is -3.61. The number of rotatable bonds is 6. The molecule has 1 amide bonds. The third kappa shape index (κ3) is 5.19. The first-order valence-corrected chi connectivity index (χ1v) is 11.8. The van der Waals surface area contributed by atoms with Crippen LogP contribution in [0.2, 0.25) is 0 Å². The average Bonchev–Trinajstić information content (AvgIpc) is 2.83. The number of aryl methyl sites for hydroxylation is 1. The molecule has 1 saturated heterocycles. The number of morpholine rings is 1. The number of ether oxygens (including phenoxy) is 2. The second-order valence-corrected chi connectivity index (χ2v) is 9.43. The van der Waals surface area contributed by atoms with E-state index >= 15 is 0 Å². The lowest BCUT2D eigenvalue weighted by Gasteiger charge is -2.26. The van der Waals surface area contributed by atoms with E-state index in [4.69, 9.17) is 9.47 Å². The lowest BCUT2D eigenvalue weighted by molar-refractivity contribution is -0.119. The lowest BCUT2D eigenvalue weighted by Crippen LogP contribution is -2.40. The minimum Gasteiger partial charge on any atom is -0.452 e. The van der Waals surface area contributed by atoms with Gasteiger partial charge in [-0.3, -0.25) is 9.78 Å². The Bertz CT molecular complexity index is 1290. The maximum absolute atomic E-state index is 12.7. The van der Waals surface area contributed by atoms with E-state index in [2.05, 4.69) is 10.3 Å². The first kappa shape index (κ1) is 22.8. The van der Waals surface area contributed by atoms with Crippen LogP contribution in [0.15, 0.2) is 59.5 Å². The average molecular weight is 470 g/mol. The van der Waals surface area contributed by atoms with E-state index in [0.717, 1.165) is 0 Å². The Labute approximate surface area is 191 Å². The summed E-state index contributed by atoms with van der Waals surface area (Å²) in [4.78, 5) is 29.3. The van der Waals surface area contributed by atoms with Gasteiger partial charge in [0.15, 0.2) is 6.61 Å². The van der Waals surface area contributed by atoms with Crippen molar-refractivity contribution < 1.29 is 27.5 Å². The smallest absolute Gasteiger partial charge is 0.339 e. The molecule has 0 bridgehead atoms. The highest BCUT2D eigenvalue weighted by Gasteiger charge is 2.26. The van der Waals surface area contributed by atoms with Crippen LogP contribution in [0.1, 0.15) is 16.1 Å². The number of aromatic nitrogens is 1. The first-order valence-electron chi connectivity index (χ1n) is 10.4. The molecule has 4 rings (SSSR count). The predicted octanol–water partition coefficient (Wildman–Crippen LogP) is 2.36. The fourth-order valence-corrected chi connectivity index (χ4v) is 4.94. The second-order valence-electron chi connectivity index (χ2n) is 7.49. The summed E-state index contributed by atoms with van der Waals surface area (Å²) >= 11 is 0. The summed E-state index contributed by atoms with van der Waals surface area (Å²) in [5, 5.41) is 3.24. The van der Waals surface area contributed by atoms with E-state index in [1.54, 1.807) is 31.2 Å². The number of nitrogens with zero attached hydrogens (tertiary/aromatic N) is 2. The predicted molar refractivity (Wildman–Crippen MR) is 121 cm³/mol. The van der Waals surface area contributed by atoms with Crippen LogP contribution in [-0.4, -0.2) is 62.5 Å². The van der Waals surface area contributed by atoms with Gasteiger partial charge in [0.25, 0.3) is 5.91 Å². The Hall–Kier alpha value is -3.34. The van der Waals surface area contributed by atoms with Crippen LogP contribution in [0.4, 0.5) is 5.69 Å². The number of para-hydroxylation sites is 1. The topological polar surface area (TPSA) is 115 Å². The molecule has 10 heteroatoms. The van der Waals surface area contributed by atoms with Crippen molar-refractivity contribution in [3.05, 3.63) is 65.9 Å². The first-order chi connectivity index (χ1) is 15.8. The van der Waals surface area contributed by atoms with Gasteiger partial charge in [-0.05, 0) is 43.3 Å². The van der Waals surface area contributed by atoms with Gasteiger partial charge in [0.05, 0.1) is 29.2 Å². The van der Waals surface area contributed by atoms with Gasteiger partial charge >= 0.3 is 5.97 Å². The molecule has 172 valence electrons. The maximum Gasteiger partial charge on any atom is 0.339 e. The number of amides is 1. The monoisotopic (exact) mass is 469 g/mol. The third-order valence-electron chi connectivity index (χ3n) is 5.14. The zero-order chi connectivity index (χ0) is 23.4. The zero-order valence-corrected chi connectivity index (χ0v) is 18.8. The van der Waals surface area contributed by atoms with Crippen molar-refractivity contribution in [2.24, 2.45) is 0 Å². The number of hydrogen-bond donors (Lipinski definition) is 1. The number of carbonyl (C=O) groups excluding carboxylic acids is 2. The van der Waals surface area contributed by atoms with Crippen molar-refractivity contribution in [3.63, 3.8) is 0 Å². The normalized spacial score (nSPS) is 14.7. The summed E-state index contributed by atoms with van der Waals surface area (Å²) in [5.41, 5.74) is 2.06. The van der Waals surface area contributed by atoms with Gasteiger partial charge in [0, 0.05) is 29.9 Å². The molecule has 9 nitrogen and oxygen atoms in total. The van der Waals surface area contributed by atoms with Gasteiger partial charge in [-0.2, -0.15) is 4.31 Å². The quantitative estimate of drug-likeness (QED) is 0.551. The SMILES string of the molecule is Cc1cc(C(=O)OCC(=O)Nc2ccc(S(=O)(=O)N3CCOCC3)cc2)c2ccccc2n1. The van der Waals surface area contributed by atoms with E-state index in [1.165, 1.54) is 28.6 Å². The molecular weight excluding hydrogens is 446 g/mol.